The first-order chi connectivity index (χ1) is 24.9. The minimum Gasteiger partial charge on any atom is -0.481 e. The van der Waals surface area contributed by atoms with Gasteiger partial charge in [0, 0.05) is 13.0 Å². The molecule has 0 aliphatic rings. The second kappa shape index (κ2) is 51.0. The van der Waals surface area contributed by atoms with Gasteiger partial charge in [-0.1, -0.05) is 252 Å². The fourth-order valence-electron chi connectivity index (χ4n) is 6.49. The van der Waals surface area contributed by atoms with Crippen LogP contribution < -0.4 is 0 Å². The standard InChI is InChI=1S/C23H46O2.C20H42O.C3H6O2/c1-3-4-5-6-7-8-9-10-11-12-13-14-15-16-17-18-19-20-21-22(2)23(24)25;1-2-3-4-5-6-7-8-9-10-11-12-13-14-15-16-17-18-19-20-21;1-2-3(4)5/h22H,3-21H2,1-2H3,(H,24,25);21H,2-20H2,1H3;2H2,1H3,(H,4,5). The van der Waals surface area contributed by atoms with Crippen LogP contribution in [0.15, 0.2) is 0 Å². The van der Waals surface area contributed by atoms with E-state index in [0.717, 1.165) is 19.3 Å². The van der Waals surface area contributed by atoms with Crippen molar-refractivity contribution in [1.29, 1.82) is 0 Å². The van der Waals surface area contributed by atoms with Crippen molar-refractivity contribution in [2.45, 2.75) is 272 Å². The van der Waals surface area contributed by atoms with Gasteiger partial charge in [-0.25, -0.2) is 0 Å². The van der Waals surface area contributed by atoms with Crippen molar-refractivity contribution >= 4 is 11.9 Å². The van der Waals surface area contributed by atoms with Gasteiger partial charge >= 0.3 is 11.9 Å². The van der Waals surface area contributed by atoms with E-state index in [1.54, 1.807) is 6.92 Å². The summed E-state index contributed by atoms with van der Waals surface area (Å²) < 4.78 is 0. The molecule has 0 saturated carbocycles. The highest BCUT2D eigenvalue weighted by Crippen LogP contribution is 2.17. The van der Waals surface area contributed by atoms with Crippen molar-refractivity contribution in [2.75, 3.05) is 6.61 Å². The largest absolute Gasteiger partial charge is 0.481 e. The van der Waals surface area contributed by atoms with Crippen LogP contribution in [-0.4, -0.2) is 33.9 Å². The van der Waals surface area contributed by atoms with Gasteiger partial charge in [-0.05, 0) is 12.8 Å². The number of aliphatic hydroxyl groups excluding tert-OH is 1. The number of unbranched alkanes of at least 4 members (excludes halogenated alkanes) is 34. The van der Waals surface area contributed by atoms with E-state index < -0.39 is 11.9 Å². The van der Waals surface area contributed by atoms with E-state index in [1.165, 1.54) is 218 Å². The molecular weight excluding hydrogens is 633 g/mol. The zero-order valence-electron chi connectivity index (χ0n) is 35.3. The van der Waals surface area contributed by atoms with E-state index in [4.69, 9.17) is 15.3 Å². The molecule has 0 spiro atoms. The fraction of sp³-hybridized carbons (Fsp3) is 0.957. The summed E-state index contributed by atoms with van der Waals surface area (Å²) in [6.07, 6.45) is 51.0. The predicted octanol–water partition coefficient (Wildman–Crippen LogP) is 15.6. The molecule has 0 heterocycles. The van der Waals surface area contributed by atoms with Crippen molar-refractivity contribution in [3.63, 3.8) is 0 Å². The molecule has 0 amide bonds. The van der Waals surface area contributed by atoms with Crippen LogP contribution in [0.2, 0.25) is 0 Å². The van der Waals surface area contributed by atoms with Gasteiger partial charge in [0.15, 0.2) is 0 Å². The Kier molecular flexibility index (Phi) is 54.3. The summed E-state index contributed by atoms with van der Waals surface area (Å²) in [7, 11) is 0. The van der Waals surface area contributed by atoms with Crippen LogP contribution in [0.1, 0.15) is 272 Å². The van der Waals surface area contributed by atoms with Crippen molar-refractivity contribution in [1.82, 2.24) is 0 Å². The number of rotatable bonds is 39. The summed E-state index contributed by atoms with van der Waals surface area (Å²) >= 11 is 0. The Bertz CT molecular complexity index is 619. The number of carboxylic acid groups (broad SMARTS) is 2. The molecule has 5 heteroatoms. The van der Waals surface area contributed by atoms with E-state index in [2.05, 4.69) is 13.8 Å². The van der Waals surface area contributed by atoms with E-state index in [9.17, 15) is 9.59 Å². The third kappa shape index (κ3) is 58.4. The molecule has 0 aliphatic heterocycles. The van der Waals surface area contributed by atoms with Gasteiger partial charge in [-0.2, -0.15) is 0 Å². The number of hydrogen-bond acceptors (Lipinski definition) is 3. The monoisotopic (exact) mass is 727 g/mol. The van der Waals surface area contributed by atoms with Crippen molar-refractivity contribution in [3.05, 3.63) is 0 Å². The molecule has 308 valence electrons. The van der Waals surface area contributed by atoms with Crippen LogP contribution in [0, 0.1) is 5.92 Å². The average Bonchev–Trinajstić information content (AvgIpc) is 3.12. The first-order valence-corrected chi connectivity index (χ1v) is 22.9. The molecule has 0 radical (unpaired) electrons. The van der Waals surface area contributed by atoms with Crippen molar-refractivity contribution in [2.24, 2.45) is 5.92 Å². The van der Waals surface area contributed by atoms with Gasteiger partial charge in [0.2, 0.25) is 0 Å². The van der Waals surface area contributed by atoms with Gasteiger partial charge < -0.3 is 15.3 Å². The third-order valence-corrected chi connectivity index (χ3v) is 10.2. The van der Waals surface area contributed by atoms with Crippen molar-refractivity contribution < 1.29 is 24.9 Å². The summed E-state index contributed by atoms with van der Waals surface area (Å²) in [5.74, 6) is -1.56. The van der Waals surface area contributed by atoms with E-state index in [-0.39, 0.29) is 12.3 Å². The maximum absolute atomic E-state index is 10.7. The Labute approximate surface area is 320 Å². The zero-order chi connectivity index (χ0) is 38.3. The number of aliphatic carboxylic acids is 2. The van der Waals surface area contributed by atoms with Gasteiger partial charge in [0.05, 0.1) is 5.92 Å². The predicted molar refractivity (Wildman–Crippen MR) is 224 cm³/mol. The summed E-state index contributed by atoms with van der Waals surface area (Å²) in [5, 5.41) is 25.2. The van der Waals surface area contributed by atoms with E-state index >= 15 is 0 Å². The number of carbonyl (C=O) groups is 2. The molecule has 0 aromatic rings. The molecule has 1 unspecified atom stereocenters. The highest BCUT2D eigenvalue weighted by atomic mass is 16.4. The SMILES string of the molecule is CCC(=O)O.CCCCCCCCCCCCCCCCCCCCC(C)C(=O)O.CCCCCCCCCCCCCCCCCCCCO. The maximum Gasteiger partial charge on any atom is 0.306 e. The molecule has 0 fully saturated rings. The zero-order valence-corrected chi connectivity index (χ0v) is 35.3. The molecule has 1 atom stereocenters. The fourth-order valence-corrected chi connectivity index (χ4v) is 6.49. The van der Waals surface area contributed by atoms with Gasteiger partial charge in [0.1, 0.15) is 0 Å². The Hall–Kier alpha value is -1.10. The molecule has 0 aliphatic carbocycles. The normalized spacial score (nSPS) is 11.4. The Morgan fingerprint density at radius 2 is 0.569 bits per heavy atom. The Balaban J connectivity index is -0.000000805. The van der Waals surface area contributed by atoms with E-state index in [0.29, 0.717) is 6.61 Å². The summed E-state index contributed by atoms with van der Waals surface area (Å²) in [6, 6.07) is 0. The average molecular weight is 727 g/mol. The topological polar surface area (TPSA) is 94.8 Å². The molecule has 0 saturated heterocycles. The Morgan fingerprint density at radius 1 is 0.373 bits per heavy atom. The second-order valence-corrected chi connectivity index (χ2v) is 15.5. The molecule has 3 N–H and O–H groups in total. The maximum atomic E-state index is 10.7. The van der Waals surface area contributed by atoms with Gasteiger partial charge in [-0.15, -0.1) is 0 Å². The Morgan fingerprint density at radius 3 is 0.745 bits per heavy atom. The summed E-state index contributed by atoms with van der Waals surface area (Å²) in [6.45, 7) is 8.36. The lowest BCUT2D eigenvalue weighted by atomic mass is 10.0. The minimum absolute atomic E-state index is 0.166. The first-order valence-electron chi connectivity index (χ1n) is 22.9. The molecular formula is C46H94O5. The van der Waals surface area contributed by atoms with Crippen LogP contribution in [0.5, 0.6) is 0 Å². The lowest BCUT2D eigenvalue weighted by Gasteiger charge is -2.06. The molecule has 0 bridgehead atoms. The number of aliphatic hydroxyl groups is 1. The third-order valence-electron chi connectivity index (χ3n) is 10.2. The highest BCUT2D eigenvalue weighted by molar-refractivity contribution is 5.69. The number of hydrogen-bond donors (Lipinski definition) is 3. The molecule has 0 aromatic carbocycles. The molecule has 5 nitrogen and oxygen atoms in total. The quantitative estimate of drug-likeness (QED) is 0.0548. The van der Waals surface area contributed by atoms with E-state index in [1.807, 2.05) is 6.92 Å². The summed E-state index contributed by atoms with van der Waals surface area (Å²) in [4.78, 5) is 20.1. The van der Waals surface area contributed by atoms with Crippen LogP contribution in [0.3, 0.4) is 0 Å². The first kappa shape index (κ1) is 54.2. The molecule has 51 heavy (non-hydrogen) atoms. The smallest absolute Gasteiger partial charge is 0.306 e. The van der Waals surface area contributed by atoms with Crippen molar-refractivity contribution in [3.8, 4) is 0 Å². The van der Waals surface area contributed by atoms with Gasteiger partial charge in [0.25, 0.3) is 0 Å². The van der Waals surface area contributed by atoms with Crippen LogP contribution in [-0.2, 0) is 9.59 Å². The number of carboxylic acids is 2. The van der Waals surface area contributed by atoms with Crippen LogP contribution in [0.25, 0.3) is 0 Å². The molecule has 0 aromatic heterocycles. The van der Waals surface area contributed by atoms with Crippen LogP contribution in [0.4, 0.5) is 0 Å². The lowest BCUT2D eigenvalue weighted by Crippen LogP contribution is -2.08. The highest BCUT2D eigenvalue weighted by Gasteiger charge is 2.09. The minimum atomic E-state index is -0.745. The molecule has 0 rings (SSSR count). The van der Waals surface area contributed by atoms with Gasteiger partial charge in [-0.3, -0.25) is 9.59 Å². The second-order valence-electron chi connectivity index (χ2n) is 15.5. The van der Waals surface area contributed by atoms with Crippen LogP contribution >= 0.6 is 0 Å². The summed E-state index contributed by atoms with van der Waals surface area (Å²) in [5.41, 5.74) is 0. The lowest BCUT2D eigenvalue weighted by molar-refractivity contribution is -0.141.